The summed E-state index contributed by atoms with van der Waals surface area (Å²) in [4.78, 5) is 14.3. The molecule has 0 bridgehead atoms. The predicted octanol–water partition coefficient (Wildman–Crippen LogP) is 2.05. The molecular formula is C19H25NO4S. The van der Waals surface area contributed by atoms with Gasteiger partial charge < -0.3 is 9.64 Å². The van der Waals surface area contributed by atoms with Gasteiger partial charge in [-0.25, -0.2) is 8.42 Å². The lowest BCUT2D eigenvalue weighted by atomic mass is 9.83. The molecule has 3 fully saturated rings. The number of carbonyl (C=O) groups is 1. The van der Waals surface area contributed by atoms with Crippen LogP contribution in [0.15, 0.2) is 24.3 Å². The Balaban J connectivity index is 1.43. The van der Waals surface area contributed by atoms with Crippen LogP contribution >= 0.6 is 0 Å². The highest BCUT2D eigenvalue weighted by Gasteiger charge is 2.62. The molecule has 0 unspecified atom stereocenters. The van der Waals surface area contributed by atoms with E-state index in [0.717, 1.165) is 12.2 Å². The zero-order chi connectivity index (χ0) is 17.7. The number of hydrogen-bond donors (Lipinski definition) is 0. The van der Waals surface area contributed by atoms with E-state index in [1.165, 1.54) is 12.8 Å². The predicted molar refractivity (Wildman–Crippen MR) is 95.3 cm³/mol. The summed E-state index contributed by atoms with van der Waals surface area (Å²) in [7, 11) is -3.16. The second-order valence-electron chi connectivity index (χ2n) is 7.88. The van der Waals surface area contributed by atoms with Gasteiger partial charge in [0, 0.05) is 31.2 Å². The average molecular weight is 363 g/mol. The third-order valence-corrected chi connectivity index (χ3v) is 8.57. The molecule has 1 amide bonds. The van der Waals surface area contributed by atoms with E-state index >= 15 is 0 Å². The van der Waals surface area contributed by atoms with Gasteiger partial charge in [-0.3, -0.25) is 4.79 Å². The van der Waals surface area contributed by atoms with Gasteiger partial charge in [-0.2, -0.15) is 0 Å². The molecule has 1 spiro atoms. The van der Waals surface area contributed by atoms with Crippen molar-refractivity contribution in [3.05, 3.63) is 35.4 Å². The molecule has 0 aromatic heterocycles. The first kappa shape index (κ1) is 17.0. The Kier molecular flexibility index (Phi) is 4.15. The number of nitrogens with zero attached hydrogens (tertiary/aromatic N) is 1. The summed E-state index contributed by atoms with van der Waals surface area (Å²) in [5.41, 5.74) is 1.72. The van der Waals surface area contributed by atoms with Crippen LogP contribution in [0.5, 0.6) is 0 Å². The van der Waals surface area contributed by atoms with Crippen LogP contribution in [0, 0.1) is 18.8 Å². The monoisotopic (exact) mass is 363 g/mol. The molecule has 3 aliphatic rings. The van der Waals surface area contributed by atoms with Crippen molar-refractivity contribution >= 4 is 15.7 Å². The number of carbonyl (C=O) groups excluding carboxylic acids is 1. The topological polar surface area (TPSA) is 63.7 Å². The minimum atomic E-state index is -3.16. The Labute approximate surface area is 149 Å². The van der Waals surface area contributed by atoms with Crippen molar-refractivity contribution in [1.29, 1.82) is 0 Å². The number of hydrogen-bond acceptors (Lipinski definition) is 4. The molecule has 2 heterocycles. The Hall–Kier alpha value is -1.40. The molecule has 0 N–H and O–H groups in total. The van der Waals surface area contributed by atoms with Crippen molar-refractivity contribution in [3.8, 4) is 0 Å². The summed E-state index contributed by atoms with van der Waals surface area (Å²) in [6.45, 7) is 3.84. The van der Waals surface area contributed by atoms with Gasteiger partial charge in [0.2, 0.25) is 0 Å². The number of sulfone groups is 1. The van der Waals surface area contributed by atoms with Gasteiger partial charge in [-0.1, -0.05) is 17.7 Å². The Bertz CT molecular complexity index is 761. The third-order valence-electron chi connectivity index (χ3n) is 5.97. The smallest absolute Gasteiger partial charge is 0.253 e. The van der Waals surface area contributed by atoms with Crippen LogP contribution in [0.3, 0.4) is 0 Å². The van der Waals surface area contributed by atoms with Crippen molar-refractivity contribution in [1.82, 2.24) is 4.90 Å². The summed E-state index contributed by atoms with van der Waals surface area (Å²) in [6, 6.07) is 7.43. The van der Waals surface area contributed by atoms with Gasteiger partial charge in [0.15, 0.2) is 9.84 Å². The zero-order valence-corrected chi connectivity index (χ0v) is 15.4. The Morgan fingerprint density at radius 3 is 2.48 bits per heavy atom. The summed E-state index contributed by atoms with van der Waals surface area (Å²) in [5, 5.41) is 0. The van der Waals surface area contributed by atoms with Gasteiger partial charge >= 0.3 is 0 Å². The molecule has 25 heavy (non-hydrogen) atoms. The fourth-order valence-corrected chi connectivity index (χ4v) is 6.39. The lowest BCUT2D eigenvalue weighted by molar-refractivity contribution is 0.0228. The number of benzene rings is 1. The summed E-state index contributed by atoms with van der Waals surface area (Å²) < 4.78 is 30.3. The van der Waals surface area contributed by atoms with Crippen molar-refractivity contribution in [3.63, 3.8) is 0 Å². The van der Waals surface area contributed by atoms with Gasteiger partial charge in [0.1, 0.15) is 4.75 Å². The largest absolute Gasteiger partial charge is 0.381 e. The van der Waals surface area contributed by atoms with Crippen LogP contribution in [-0.2, 0) is 14.6 Å². The van der Waals surface area contributed by atoms with Gasteiger partial charge in [0.25, 0.3) is 5.91 Å². The highest BCUT2D eigenvalue weighted by Crippen LogP contribution is 2.45. The minimum absolute atomic E-state index is 0.0123. The van der Waals surface area contributed by atoms with E-state index in [4.69, 9.17) is 4.74 Å². The average Bonchev–Trinajstić information content (AvgIpc) is 3.31. The fourth-order valence-electron chi connectivity index (χ4n) is 3.99. The second-order valence-corrected chi connectivity index (χ2v) is 10.3. The van der Waals surface area contributed by atoms with Gasteiger partial charge in [-0.15, -0.1) is 0 Å². The van der Waals surface area contributed by atoms with E-state index in [1.807, 2.05) is 31.2 Å². The van der Waals surface area contributed by atoms with Crippen LogP contribution in [0.1, 0.15) is 35.2 Å². The molecular weight excluding hydrogens is 338 g/mol. The summed E-state index contributed by atoms with van der Waals surface area (Å²) >= 11 is 0. The Morgan fingerprint density at radius 2 is 1.84 bits per heavy atom. The highest BCUT2D eigenvalue weighted by atomic mass is 32.2. The molecule has 136 valence electrons. The maximum absolute atomic E-state index is 12.6. The lowest BCUT2D eigenvalue weighted by Crippen LogP contribution is -2.68. The first-order valence-corrected chi connectivity index (χ1v) is 10.7. The third kappa shape index (κ3) is 2.99. The van der Waals surface area contributed by atoms with Gasteiger partial charge in [-0.05, 0) is 44.2 Å². The number of aryl methyl sites for hydroxylation is 1. The van der Waals surface area contributed by atoms with Crippen LogP contribution < -0.4 is 0 Å². The number of rotatable bonds is 5. The second kappa shape index (κ2) is 6.09. The molecule has 2 aliphatic heterocycles. The maximum Gasteiger partial charge on any atom is 0.253 e. The van der Waals surface area contributed by atoms with Crippen LogP contribution in [0.25, 0.3) is 0 Å². The standard InChI is InChI=1S/C19H25NO4S/c1-14-2-6-16(7-3-14)18(21)20-12-19(13-20)17(8-9-25(19,22)23)11-24-10-15-4-5-15/h2-3,6-7,15,17H,4-5,8-13H2,1H3/t17-/m0/s1. The number of amides is 1. The van der Waals surface area contributed by atoms with E-state index < -0.39 is 14.6 Å². The van der Waals surface area contributed by atoms with Crippen LogP contribution in [-0.4, -0.2) is 56.0 Å². The molecule has 1 atom stereocenters. The molecule has 1 aliphatic carbocycles. The maximum atomic E-state index is 12.6. The van der Waals surface area contributed by atoms with Crippen LogP contribution in [0.4, 0.5) is 0 Å². The first-order chi connectivity index (χ1) is 11.9. The summed E-state index contributed by atoms with van der Waals surface area (Å²) in [6.07, 6.45) is 3.11. The molecule has 5 nitrogen and oxygen atoms in total. The number of likely N-dealkylation sites (tertiary alicyclic amines) is 1. The van der Waals surface area contributed by atoms with Crippen molar-refractivity contribution in [2.75, 3.05) is 32.1 Å². The molecule has 1 aromatic carbocycles. The highest BCUT2D eigenvalue weighted by molar-refractivity contribution is 7.93. The molecule has 0 radical (unpaired) electrons. The summed E-state index contributed by atoms with van der Waals surface area (Å²) in [5.74, 6) is 0.829. The molecule has 4 rings (SSSR count). The van der Waals surface area contributed by atoms with Crippen molar-refractivity contribution in [2.45, 2.75) is 30.9 Å². The quantitative estimate of drug-likeness (QED) is 0.803. The zero-order valence-electron chi connectivity index (χ0n) is 14.6. The van der Waals surface area contributed by atoms with Gasteiger partial charge in [0.05, 0.1) is 12.4 Å². The number of ether oxygens (including phenoxy) is 1. The lowest BCUT2D eigenvalue weighted by Gasteiger charge is -2.49. The van der Waals surface area contributed by atoms with E-state index in [9.17, 15) is 13.2 Å². The fraction of sp³-hybridized carbons (Fsp3) is 0.632. The van der Waals surface area contributed by atoms with E-state index in [1.54, 1.807) is 4.90 Å². The molecule has 6 heteroatoms. The molecule has 2 saturated heterocycles. The van der Waals surface area contributed by atoms with Crippen molar-refractivity contribution in [2.24, 2.45) is 11.8 Å². The SMILES string of the molecule is Cc1ccc(C(=O)N2CC3(C2)[C@H](COCC2CC2)CCS3(=O)=O)cc1. The Morgan fingerprint density at radius 1 is 1.16 bits per heavy atom. The van der Waals surface area contributed by atoms with Crippen molar-refractivity contribution < 1.29 is 17.9 Å². The van der Waals surface area contributed by atoms with Crippen LogP contribution in [0.2, 0.25) is 0 Å². The van der Waals surface area contributed by atoms with E-state index in [-0.39, 0.29) is 17.6 Å². The van der Waals surface area contributed by atoms with E-state index in [0.29, 0.717) is 37.6 Å². The van der Waals surface area contributed by atoms with E-state index in [2.05, 4.69) is 0 Å². The normalized spacial score (nSPS) is 26.6. The molecule has 1 aromatic rings. The minimum Gasteiger partial charge on any atom is -0.381 e. The first-order valence-electron chi connectivity index (χ1n) is 9.07. The molecule has 1 saturated carbocycles.